The van der Waals surface area contributed by atoms with E-state index in [1.54, 1.807) is 12.1 Å². The summed E-state index contributed by atoms with van der Waals surface area (Å²) in [5.41, 5.74) is 1.34. The van der Waals surface area contributed by atoms with Crippen molar-refractivity contribution >= 4 is 28.6 Å². The van der Waals surface area contributed by atoms with E-state index in [0.717, 1.165) is 12.5 Å². The lowest BCUT2D eigenvalue weighted by molar-refractivity contribution is 0.101. The quantitative estimate of drug-likeness (QED) is 0.546. The second-order valence-electron chi connectivity index (χ2n) is 8.58. The molecule has 4 heterocycles. The Labute approximate surface area is 195 Å². The summed E-state index contributed by atoms with van der Waals surface area (Å²) in [6.45, 7) is 3.97. The molecule has 2 fully saturated rings. The molecule has 1 N–H and O–H groups in total. The van der Waals surface area contributed by atoms with E-state index >= 15 is 0 Å². The first-order chi connectivity index (χ1) is 16.5. The number of piperidine rings is 1. The van der Waals surface area contributed by atoms with Gasteiger partial charge in [-0.3, -0.25) is 4.79 Å². The highest BCUT2D eigenvalue weighted by molar-refractivity contribution is 5.94. The van der Waals surface area contributed by atoms with Gasteiger partial charge in [0, 0.05) is 45.5 Å². The summed E-state index contributed by atoms with van der Waals surface area (Å²) in [5.74, 6) is -0.135. The molecule has 0 aliphatic carbocycles. The van der Waals surface area contributed by atoms with Crippen LogP contribution in [-0.2, 0) is 4.74 Å². The van der Waals surface area contributed by atoms with E-state index in [1.165, 1.54) is 19.1 Å². The zero-order valence-corrected chi connectivity index (χ0v) is 18.8. The predicted molar refractivity (Wildman–Crippen MR) is 122 cm³/mol. The molecular weight excluding hydrogens is 444 g/mol. The van der Waals surface area contributed by atoms with Crippen molar-refractivity contribution in [3.8, 4) is 5.75 Å². The average molecular weight is 469 g/mol. The number of carbonyl (C=O) groups excluding carboxylic acids is 1. The summed E-state index contributed by atoms with van der Waals surface area (Å²) in [4.78, 5) is 27.8. The standard InChI is InChI=1S/C24H25F2N5O3/c1-14(32)19-3-4-20-22(28-19)30-24(23(29-20)27-16-8-11-33-13-16)31-9-6-17(7-10-31)34-21-5-2-15(25)12-18(21)26/h2-5,12,16-17H,6-11,13H2,1H3,(H,27,29)/t16-/m1/s1. The van der Waals surface area contributed by atoms with Gasteiger partial charge >= 0.3 is 0 Å². The Morgan fingerprint density at radius 2 is 1.94 bits per heavy atom. The smallest absolute Gasteiger partial charge is 0.181 e. The topological polar surface area (TPSA) is 89.5 Å². The van der Waals surface area contributed by atoms with E-state index in [-0.39, 0.29) is 23.7 Å². The van der Waals surface area contributed by atoms with Crippen LogP contribution in [0.15, 0.2) is 30.3 Å². The zero-order chi connectivity index (χ0) is 23.7. The second-order valence-corrected chi connectivity index (χ2v) is 8.58. The maximum atomic E-state index is 14.0. The lowest BCUT2D eigenvalue weighted by Crippen LogP contribution is -2.39. The lowest BCUT2D eigenvalue weighted by Gasteiger charge is -2.34. The minimum atomic E-state index is -0.708. The van der Waals surface area contributed by atoms with Crippen molar-refractivity contribution in [2.45, 2.75) is 38.3 Å². The normalized spacial score (nSPS) is 18.9. The van der Waals surface area contributed by atoms with Gasteiger partial charge in [0.1, 0.15) is 23.1 Å². The number of Topliss-reactive ketones (excluding diaryl/α,β-unsaturated/α-hetero) is 1. The van der Waals surface area contributed by atoms with E-state index in [9.17, 15) is 13.6 Å². The summed E-state index contributed by atoms with van der Waals surface area (Å²) >= 11 is 0. The van der Waals surface area contributed by atoms with Gasteiger partial charge in [0.25, 0.3) is 0 Å². The summed E-state index contributed by atoms with van der Waals surface area (Å²) in [5, 5.41) is 3.45. The Morgan fingerprint density at radius 1 is 1.12 bits per heavy atom. The number of carbonyl (C=O) groups is 1. The number of hydrogen-bond acceptors (Lipinski definition) is 8. The monoisotopic (exact) mass is 469 g/mol. The number of aromatic nitrogens is 3. The SMILES string of the molecule is CC(=O)c1ccc2nc(N[C@@H]3CCOC3)c(N3CCC(Oc4ccc(F)cc4F)CC3)nc2n1. The number of rotatable bonds is 6. The number of pyridine rings is 1. The average Bonchev–Trinajstić information content (AvgIpc) is 3.34. The van der Waals surface area contributed by atoms with Gasteiger partial charge in [-0.1, -0.05) is 0 Å². The minimum Gasteiger partial charge on any atom is -0.487 e. The zero-order valence-electron chi connectivity index (χ0n) is 18.8. The third-order valence-electron chi connectivity index (χ3n) is 6.07. The van der Waals surface area contributed by atoms with Gasteiger partial charge in [0.15, 0.2) is 34.6 Å². The van der Waals surface area contributed by atoms with Gasteiger partial charge in [-0.15, -0.1) is 0 Å². The van der Waals surface area contributed by atoms with Gasteiger partial charge < -0.3 is 19.7 Å². The third kappa shape index (κ3) is 4.77. The summed E-state index contributed by atoms with van der Waals surface area (Å²) in [7, 11) is 0. The van der Waals surface area contributed by atoms with Crippen LogP contribution in [0.2, 0.25) is 0 Å². The number of nitrogens with one attached hydrogen (secondary N) is 1. The number of benzene rings is 1. The molecule has 0 unspecified atom stereocenters. The molecule has 2 aliphatic heterocycles. The fourth-order valence-corrected chi connectivity index (χ4v) is 4.23. The largest absolute Gasteiger partial charge is 0.487 e. The highest BCUT2D eigenvalue weighted by atomic mass is 19.1. The molecule has 2 saturated heterocycles. The maximum absolute atomic E-state index is 14.0. The van der Waals surface area contributed by atoms with Crippen LogP contribution in [0, 0.1) is 11.6 Å². The Kier molecular flexibility index (Phi) is 6.23. The molecule has 178 valence electrons. The number of hydrogen-bond donors (Lipinski definition) is 1. The number of ether oxygens (including phenoxy) is 2. The third-order valence-corrected chi connectivity index (χ3v) is 6.07. The summed E-state index contributed by atoms with van der Waals surface area (Å²) < 4.78 is 38.4. The molecule has 1 aromatic carbocycles. The Balaban J connectivity index is 1.38. The van der Waals surface area contributed by atoms with Crippen molar-refractivity contribution in [1.82, 2.24) is 15.0 Å². The van der Waals surface area contributed by atoms with Crippen molar-refractivity contribution in [2.75, 3.05) is 36.5 Å². The maximum Gasteiger partial charge on any atom is 0.181 e. The minimum absolute atomic E-state index is 0.0508. The highest BCUT2D eigenvalue weighted by Crippen LogP contribution is 2.30. The van der Waals surface area contributed by atoms with Gasteiger partial charge in [-0.25, -0.2) is 23.7 Å². The molecule has 3 aromatic rings. The number of nitrogens with zero attached hydrogens (tertiary/aromatic N) is 4. The number of ketones is 1. The molecule has 0 radical (unpaired) electrons. The van der Waals surface area contributed by atoms with E-state index in [2.05, 4.69) is 15.2 Å². The molecule has 1 atom stereocenters. The van der Waals surface area contributed by atoms with Crippen LogP contribution in [0.1, 0.15) is 36.7 Å². The van der Waals surface area contributed by atoms with Gasteiger partial charge in [-0.2, -0.15) is 0 Å². The molecule has 34 heavy (non-hydrogen) atoms. The first kappa shape index (κ1) is 22.4. The van der Waals surface area contributed by atoms with Crippen LogP contribution >= 0.6 is 0 Å². The molecule has 0 saturated carbocycles. The lowest BCUT2D eigenvalue weighted by atomic mass is 10.1. The fraction of sp³-hybridized carbons (Fsp3) is 0.417. The summed E-state index contributed by atoms with van der Waals surface area (Å²) in [6.07, 6.45) is 1.93. The van der Waals surface area contributed by atoms with E-state index in [1.807, 2.05) is 0 Å². The Hall–Kier alpha value is -3.40. The number of anilines is 2. The Morgan fingerprint density at radius 3 is 2.65 bits per heavy atom. The van der Waals surface area contributed by atoms with Crippen molar-refractivity contribution in [3.63, 3.8) is 0 Å². The van der Waals surface area contributed by atoms with Crippen LogP contribution in [-0.4, -0.2) is 59.2 Å². The predicted octanol–water partition coefficient (Wildman–Crippen LogP) is 3.75. The van der Waals surface area contributed by atoms with Crippen LogP contribution in [0.25, 0.3) is 11.2 Å². The van der Waals surface area contributed by atoms with E-state index < -0.39 is 11.6 Å². The van der Waals surface area contributed by atoms with Crippen LogP contribution in [0.3, 0.4) is 0 Å². The van der Waals surface area contributed by atoms with Crippen molar-refractivity contribution in [1.29, 1.82) is 0 Å². The van der Waals surface area contributed by atoms with E-state index in [0.29, 0.717) is 67.6 Å². The summed E-state index contributed by atoms with van der Waals surface area (Å²) in [6, 6.07) is 6.86. The van der Waals surface area contributed by atoms with Crippen LogP contribution < -0.4 is 15.0 Å². The molecule has 10 heteroatoms. The van der Waals surface area contributed by atoms with Gasteiger partial charge in [0.2, 0.25) is 0 Å². The van der Waals surface area contributed by atoms with E-state index in [4.69, 9.17) is 19.4 Å². The highest BCUT2D eigenvalue weighted by Gasteiger charge is 2.27. The molecule has 2 aromatic heterocycles. The van der Waals surface area contributed by atoms with Crippen LogP contribution in [0.5, 0.6) is 5.75 Å². The van der Waals surface area contributed by atoms with Crippen molar-refractivity contribution in [3.05, 3.63) is 47.7 Å². The Bertz CT molecular complexity index is 1210. The molecule has 0 amide bonds. The first-order valence-electron chi connectivity index (χ1n) is 11.4. The molecule has 0 bridgehead atoms. The molecule has 8 nitrogen and oxygen atoms in total. The number of halogens is 2. The molecular formula is C24H25F2N5O3. The molecule has 5 rings (SSSR count). The van der Waals surface area contributed by atoms with Gasteiger partial charge in [-0.05, 0) is 30.7 Å². The first-order valence-corrected chi connectivity index (χ1v) is 11.4. The van der Waals surface area contributed by atoms with Crippen molar-refractivity contribution in [2.24, 2.45) is 0 Å². The van der Waals surface area contributed by atoms with Gasteiger partial charge in [0.05, 0.1) is 12.6 Å². The van der Waals surface area contributed by atoms with Crippen molar-refractivity contribution < 1.29 is 23.0 Å². The number of fused-ring (bicyclic) bond motifs is 1. The molecule has 2 aliphatic rings. The second kappa shape index (κ2) is 9.46. The fourth-order valence-electron chi connectivity index (χ4n) is 4.23. The molecule has 0 spiro atoms. The van der Waals surface area contributed by atoms with Crippen LogP contribution in [0.4, 0.5) is 20.4 Å².